The second kappa shape index (κ2) is 9.20. The molecule has 12 heteroatoms. The van der Waals surface area contributed by atoms with Gasteiger partial charge in [0.2, 0.25) is 15.9 Å². The number of amides is 3. The molecule has 1 fully saturated rings. The molecular formula is C21H22FN3O6S2. The summed E-state index contributed by atoms with van der Waals surface area (Å²) in [5, 5.41) is 5.11. The molecule has 1 unspecified atom stereocenters. The summed E-state index contributed by atoms with van der Waals surface area (Å²) in [5.74, 6) is -1.81. The van der Waals surface area contributed by atoms with Crippen LogP contribution in [0.25, 0.3) is 0 Å². The third-order valence-electron chi connectivity index (χ3n) is 5.71. The maximum atomic E-state index is 13.2. The maximum absolute atomic E-state index is 13.2. The number of carbonyl (C=O) groups excluding carboxylic acids is 3. The van der Waals surface area contributed by atoms with Gasteiger partial charge in [0.25, 0.3) is 5.91 Å². The number of rotatable bonds is 5. The number of carbonyl (C=O) groups is 3. The number of anilines is 1. The van der Waals surface area contributed by atoms with Crippen LogP contribution in [-0.2, 0) is 32.4 Å². The maximum Gasteiger partial charge on any atom is 0.413 e. The zero-order chi connectivity index (χ0) is 23.8. The predicted octanol–water partition coefficient (Wildman–Crippen LogP) is 2.66. The van der Waals surface area contributed by atoms with Crippen molar-refractivity contribution in [2.75, 3.05) is 19.0 Å². The number of halogens is 1. The minimum Gasteiger partial charge on any atom is -0.453 e. The van der Waals surface area contributed by atoms with Crippen molar-refractivity contribution in [2.24, 2.45) is 0 Å². The molecule has 1 aromatic heterocycles. The Morgan fingerprint density at radius 1 is 1.15 bits per heavy atom. The van der Waals surface area contributed by atoms with Crippen molar-refractivity contribution in [3.8, 4) is 0 Å². The van der Waals surface area contributed by atoms with Crippen LogP contribution in [0.4, 0.5) is 14.2 Å². The van der Waals surface area contributed by atoms with Gasteiger partial charge in [-0.05, 0) is 61.9 Å². The molecule has 1 saturated heterocycles. The Bertz CT molecular complexity index is 1210. The number of benzene rings is 1. The highest BCUT2D eigenvalue weighted by Crippen LogP contribution is 2.39. The van der Waals surface area contributed by atoms with E-state index in [0.29, 0.717) is 19.3 Å². The summed E-state index contributed by atoms with van der Waals surface area (Å²) in [6, 6.07) is 3.46. The lowest BCUT2D eigenvalue weighted by atomic mass is 10.1. The van der Waals surface area contributed by atoms with Crippen molar-refractivity contribution in [2.45, 2.75) is 43.0 Å². The molecule has 0 bridgehead atoms. The Balaban J connectivity index is 1.59. The summed E-state index contributed by atoms with van der Waals surface area (Å²) in [6.07, 6.45) is 2.13. The van der Waals surface area contributed by atoms with Crippen LogP contribution in [0, 0.1) is 5.82 Å². The number of fused-ring (bicyclic) bond motifs is 1. The van der Waals surface area contributed by atoms with Crippen LogP contribution in [0.15, 0.2) is 29.2 Å². The number of imide groups is 1. The Hall–Kier alpha value is -2.83. The van der Waals surface area contributed by atoms with E-state index < -0.39 is 39.8 Å². The lowest BCUT2D eigenvalue weighted by Gasteiger charge is -2.23. The molecule has 33 heavy (non-hydrogen) atoms. The normalized spacial score (nSPS) is 18.1. The molecule has 3 amide bonds. The van der Waals surface area contributed by atoms with Crippen molar-refractivity contribution >= 4 is 44.3 Å². The summed E-state index contributed by atoms with van der Waals surface area (Å²) in [5.41, 5.74) is 0.983. The predicted molar refractivity (Wildman–Crippen MR) is 118 cm³/mol. The standard InChI is InChI=1S/C21H22FN3O6S2/c1-31-21(28)24-19(27)17-14-4-2-6-16(14)32-20(17)23-18(26)15-5-3-11-25(15)33(29,30)13-9-7-12(22)8-10-13/h7-10,15H,2-6,11H2,1H3,(H,23,26)(H,24,27,28). The summed E-state index contributed by atoms with van der Waals surface area (Å²) in [6.45, 7) is 0.147. The molecular weight excluding hydrogens is 473 g/mol. The first-order chi connectivity index (χ1) is 15.7. The van der Waals surface area contributed by atoms with Crippen molar-refractivity contribution in [1.82, 2.24) is 9.62 Å². The van der Waals surface area contributed by atoms with Crippen LogP contribution in [0.5, 0.6) is 0 Å². The lowest BCUT2D eigenvalue weighted by molar-refractivity contribution is -0.119. The Morgan fingerprint density at radius 2 is 1.88 bits per heavy atom. The van der Waals surface area contributed by atoms with Gasteiger partial charge < -0.3 is 10.1 Å². The molecule has 1 aliphatic carbocycles. The number of aryl methyl sites for hydroxylation is 1. The summed E-state index contributed by atoms with van der Waals surface area (Å²) in [7, 11) is -2.88. The van der Waals surface area contributed by atoms with Crippen LogP contribution < -0.4 is 10.6 Å². The highest BCUT2D eigenvalue weighted by Gasteiger charge is 2.40. The van der Waals surface area contributed by atoms with E-state index in [-0.39, 0.29) is 22.0 Å². The molecule has 2 aliphatic rings. The average molecular weight is 496 g/mol. The van der Waals surface area contributed by atoms with Crippen molar-refractivity contribution in [3.05, 3.63) is 46.1 Å². The number of sulfonamides is 1. The van der Waals surface area contributed by atoms with Gasteiger partial charge >= 0.3 is 6.09 Å². The van der Waals surface area contributed by atoms with E-state index in [1.165, 1.54) is 11.3 Å². The number of nitrogens with zero attached hydrogens (tertiary/aromatic N) is 1. The lowest BCUT2D eigenvalue weighted by Crippen LogP contribution is -2.43. The van der Waals surface area contributed by atoms with E-state index in [1.54, 1.807) is 0 Å². The minimum absolute atomic E-state index is 0.100. The van der Waals surface area contributed by atoms with Crippen LogP contribution in [0.1, 0.15) is 40.1 Å². The monoisotopic (exact) mass is 495 g/mol. The molecule has 2 aromatic rings. The van der Waals surface area contributed by atoms with Crippen molar-refractivity contribution in [3.63, 3.8) is 0 Å². The summed E-state index contributed by atoms with van der Waals surface area (Å²) >= 11 is 1.25. The molecule has 0 radical (unpaired) electrons. The first kappa shape index (κ1) is 23.3. The smallest absolute Gasteiger partial charge is 0.413 e. The van der Waals surface area contributed by atoms with Gasteiger partial charge in [0.15, 0.2) is 0 Å². The third-order valence-corrected chi connectivity index (χ3v) is 8.84. The molecule has 9 nitrogen and oxygen atoms in total. The van der Waals surface area contributed by atoms with E-state index >= 15 is 0 Å². The number of ether oxygens (including phenoxy) is 1. The van der Waals surface area contributed by atoms with Gasteiger partial charge in [-0.3, -0.25) is 14.9 Å². The Kier molecular flexibility index (Phi) is 6.50. The molecule has 2 heterocycles. The number of nitrogens with one attached hydrogen (secondary N) is 2. The first-order valence-electron chi connectivity index (χ1n) is 10.3. The highest BCUT2D eigenvalue weighted by atomic mass is 32.2. The van der Waals surface area contributed by atoms with Crippen LogP contribution in [-0.4, -0.2) is 50.3 Å². The van der Waals surface area contributed by atoms with E-state index in [9.17, 15) is 27.2 Å². The quantitative estimate of drug-likeness (QED) is 0.658. The second-order valence-electron chi connectivity index (χ2n) is 7.72. The van der Waals surface area contributed by atoms with Crippen LogP contribution in [0.3, 0.4) is 0 Å². The average Bonchev–Trinajstić information content (AvgIpc) is 3.50. The van der Waals surface area contributed by atoms with E-state index in [4.69, 9.17) is 0 Å². The fraction of sp³-hybridized carbons (Fsp3) is 0.381. The molecule has 176 valence electrons. The van der Waals surface area contributed by atoms with Gasteiger partial charge in [-0.25, -0.2) is 17.6 Å². The van der Waals surface area contributed by atoms with Gasteiger partial charge in [0.1, 0.15) is 16.9 Å². The fourth-order valence-electron chi connectivity index (χ4n) is 4.17. The Morgan fingerprint density at radius 3 is 2.58 bits per heavy atom. The second-order valence-corrected chi connectivity index (χ2v) is 10.7. The van der Waals surface area contributed by atoms with Crippen LogP contribution in [0.2, 0.25) is 0 Å². The largest absolute Gasteiger partial charge is 0.453 e. The zero-order valence-electron chi connectivity index (χ0n) is 17.7. The van der Waals surface area contributed by atoms with Crippen molar-refractivity contribution < 1.29 is 31.9 Å². The van der Waals surface area contributed by atoms with Gasteiger partial charge in [-0.1, -0.05) is 0 Å². The molecule has 1 aromatic carbocycles. The topological polar surface area (TPSA) is 122 Å². The van der Waals surface area contributed by atoms with Gasteiger partial charge in [0, 0.05) is 11.4 Å². The number of thiophene rings is 1. The SMILES string of the molecule is COC(=O)NC(=O)c1c(NC(=O)C2CCCN2S(=O)(=O)c2ccc(F)cc2)sc2c1CCC2. The number of alkyl carbamates (subject to hydrolysis) is 1. The van der Waals surface area contributed by atoms with E-state index in [2.05, 4.69) is 15.4 Å². The summed E-state index contributed by atoms with van der Waals surface area (Å²) in [4.78, 5) is 38.2. The Labute approximate surface area is 194 Å². The molecule has 0 spiro atoms. The number of methoxy groups -OCH3 is 1. The fourth-order valence-corrected chi connectivity index (χ4v) is 7.11. The minimum atomic E-state index is -4.02. The van der Waals surface area contributed by atoms with E-state index in [0.717, 1.165) is 59.0 Å². The van der Waals surface area contributed by atoms with Crippen molar-refractivity contribution in [1.29, 1.82) is 0 Å². The van der Waals surface area contributed by atoms with Gasteiger partial charge in [-0.15, -0.1) is 11.3 Å². The summed E-state index contributed by atoms with van der Waals surface area (Å²) < 4.78 is 45.0. The third kappa shape index (κ3) is 4.50. The molecule has 2 N–H and O–H groups in total. The zero-order valence-corrected chi connectivity index (χ0v) is 19.4. The van der Waals surface area contributed by atoms with E-state index in [1.807, 2.05) is 0 Å². The molecule has 0 saturated carbocycles. The number of hydrogen-bond acceptors (Lipinski definition) is 7. The molecule has 1 atom stereocenters. The van der Waals surface area contributed by atoms with Gasteiger partial charge in [0.05, 0.1) is 17.6 Å². The first-order valence-corrected chi connectivity index (χ1v) is 12.6. The molecule has 4 rings (SSSR count). The van der Waals surface area contributed by atoms with Gasteiger partial charge in [-0.2, -0.15) is 4.31 Å². The van der Waals surface area contributed by atoms with Crippen LogP contribution >= 0.6 is 11.3 Å². The number of hydrogen-bond donors (Lipinski definition) is 2. The molecule has 1 aliphatic heterocycles. The highest BCUT2D eigenvalue weighted by molar-refractivity contribution is 7.89.